The first-order valence-corrected chi connectivity index (χ1v) is 7.94. The summed E-state index contributed by atoms with van der Waals surface area (Å²) >= 11 is 0. The highest BCUT2D eigenvalue weighted by molar-refractivity contribution is 5.96. The number of benzene rings is 2. The van der Waals surface area contributed by atoms with Gasteiger partial charge in [-0.15, -0.1) is 0 Å². The number of hydrogen-bond acceptors (Lipinski definition) is 6. The fourth-order valence-electron chi connectivity index (χ4n) is 2.06. The third-order valence-corrected chi connectivity index (χ3v) is 3.40. The standard InChI is InChI=1S/C18H17N3O6/c22-16(10-20-18(24)14-6-2-1-3-7-14)19-11-17(23)27-12-13-5-4-8-15(9-13)21(25)26/h1-9H,10-12H2,(H,19,22)(H,20,24). The number of nitro benzene ring substituents is 1. The number of nitro groups is 1. The van der Waals surface area contributed by atoms with Crippen LogP contribution in [0.3, 0.4) is 0 Å². The molecule has 0 atom stereocenters. The Bertz CT molecular complexity index is 838. The summed E-state index contributed by atoms with van der Waals surface area (Å²) in [6.07, 6.45) is 0. The highest BCUT2D eigenvalue weighted by Gasteiger charge is 2.11. The van der Waals surface area contributed by atoms with Crippen LogP contribution in [-0.2, 0) is 20.9 Å². The van der Waals surface area contributed by atoms with Gasteiger partial charge in [0.15, 0.2) is 0 Å². The zero-order chi connectivity index (χ0) is 19.6. The molecule has 0 aromatic heterocycles. The van der Waals surface area contributed by atoms with Crippen molar-refractivity contribution < 1.29 is 24.0 Å². The topological polar surface area (TPSA) is 128 Å². The lowest BCUT2D eigenvalue weighted by Gasteiger charge is -2.08. The Labute approximate surface area is 154 Å². The molecule has 0 unspecified atom stereocenters. The van der Waals surface area contributed by atoms with Gasteiger partial charge in [0.05, 0.1) is 11.5 Å². The van der Waals surface area contributed by atoms with E-state index in [4.69, 9.17) is 4.74 Å². The molecule has 0 heterocycles. The molecule has 27 heavy (non-hydrogen) atoms. The minimum Gasteiger partial charge on any atom is -0.459 e. The fraction of sp³-hybridized carbons (Fsp3) is 0.167. The van der Waals surface area contributed by atoms with E-state index in [1.807, 2.05) is 0 Å². The van der Waals surface area contributed by atoms with Crippen LogP contribution in [-0.4, -0.2) is 35.8 Å². The van der Waals surface area contributed by atoms with Gasteiger partial charge in [-0.05, 0) is 17.7 Å². The lowest BCUT2D eigenvalue weighted by atomic mass is 10.2. The lowest BCUT2D eigenvalue weighted by Crippen LogP contribution is -2.39. The highest BCUT2D eigenvalue weighted by atomic mass is 16.6. The first-order valence-electron chi connectivity index (χ1n) is 7.94. The third-order valence-electron chi connectivity index (χ3n) is 3.40. The molecule has 2 amide bonds. The fourth-order valence-corrected chi connectivity index (χ4v) is 2.06. The Hall–Kier alpha value is -3.75. The van der Waals surface area contributed by atoms with Gasteiger partial charge in [0.2, 0.25) is 5.91 Å². The second kappa shape index (κ2) is 9.66. The summed E-state index contributed by atoms with van der Waals surface area (Å²) < 4.78 is 4.94. The number of rotatable bonds is 8. The van der Waals surface area contributed by atoms with Gasteiger partial charge in [-0.2, -0.15) is 0 Å². The first kappa shape index (κ1) is 19.6. The molecule has 0 saturated carbocycles. The van der Waals surface area contributed by atoms with Gasteiger partial charge in [-0.25, -0.2) is 0 Å². The number of nitrogens with zero attached hydrogens (tertiary/aromatic N) is 1. The summed E-state index contributed by atoms with van der Waals surface area (Å²) in [5.74, 6) is -1.66. The number of carbonyl (C=O) groups excluding carboxylic acids is 3. The van der Waals surface area contributed by atoms with E-state index in [1.54, 1.807) is 36.4 Å². The molecule has 140 valence electrons. The van der Waals surface area contributed by atoms with Gasteiger partial charge >= 0.3 is 5.97 Å². The Morgan fingerprint density at radius 1 is 0.963 bits per heavy atom. The number of non-ortho nitro benzene ring substituents is 1. The van der Waals surface area contributed by atoms with E-state index in [9.17, 15) is 24.5 Å². The summed E-state index contributed by atoms with van der Waals surface area (Å²) in [7, 11) is 0. The molecule has 2 rings (SSSR count). The maximum absolute atomic E-state index is 11.8. The van der Waals surface area contributed by atoms with Crippen LogP contribution in [0.2, 0.25) is 0 Å². The summed E-state index contributed by atoms with van der Waals surface area (Å²) in [5.41, 5.74) is 0.770. The lowest BCUT2D eigenvalue weighted by molar-refractivity contribution is -0.384. The van der Waals surface area contributed by atoms with Crippen LogP contribution in [0.25, 0.3) is 0 Å². The molecule has 0 fully saturated rings. The molecule has 0 aliphatic rings. The molecule has 0 radical (unpaired) electrons. The summed E-state index contributed by atoms with van der Waals surface area (Å²) in [6, 6.07) is 14.1. The molecule has 0 spiro atoms. The van der Waals surface area contributed by atoms with E-state index in [0.717, 1.165) is 0 Å². The molecule has 0 bridgehead atoms. The SMILES string of the molecule is O=C(CNC(=O)c1ccccc1)NCC(=O)OCc1cccc([N+](=O)[O-])c1. The Morgan fingerprint density at radius 3 is 2.41 bits per heavy atom. The number of amides is 2. The van der Waals surface area contributed by atoms with Crippen molar-refractivity contribution in [2.45, 2.75) is 6.61 Å². The molecule has 2 N–H and O–H groups in total. The average Bonchev–Trinajstić information content (AvgIpc) is 2.69. The van der Waals surface area contributed by atoms with Crippen LogP contribution >= 0.6 is 0 Å². The quantitative estimate of drug-likeness (QED) is 0.407. The predicted molar refractivity (Wildman–Crippen MR) is 94.7 cm³/mol. The van der Waals surface area contributed by atoms with Crippen LogP contribution in [0, 0.1) is 10.1 Å². The van der Waals surface area contributed by atoms with Gasteiger partial charge in [-0.3, -0.25) is 24.5 Å². The first-order chi connectivity index (χ1) is 13.0. The van der Waals surface area contributed by atoms with E-state index in [-0.39, 0.29) is 25.4 Å². The van der Waals surface area contributed by atoms with Crippen molar-refractivity contribution in [3.8, 4) is 0 Å². The molecule has 2 aromatic rings. The Kier molecular flexibility index (Phi) is 7.00. The zero-order valence-corrected chi connectivity index (χ0v) is 14.2. The molecular weight excluding hydrogens is 354 g/mol. The van der Waals surface area contributed by atoms with Crippen LogP contribution in [0.4, 0.5) is 5.69 Å². The third kappa shape index (κ3) is 6.58. The number of esters is 1. The Balaban J connectivity index is 1.69. The van der Waals surface area contributed by atoms with Crippen molar-refractivity contribution in [2.75, 3.05) is 13.1 Å². The van der Waals surface area contributed by atoms with Crippen molar-refractivity contribution in [1.82, 2.24) is 10.6 Å². The minimum atomic E-state index is -0.704. The Morgan fingerprint density at radius 2 is 1.70 bits per heavy atom. The largest absolute Gasteiger partial charge is 0.459 e. The predicted octanol–water partition coefficient (Wildman–Crippen LogP) is 1.18. The number of carbonyl (C=O) groups is 3. The smallest absolute Gasteiger partial charge is 0.325 e. The second-order valence-electron chi connectivity index (χ2n) is 5.41. The van der Waals surface area contributed by atoms with E-state index >= 15 is 0 Å². The number of nitrogens with one attached hydrogen (secondary N) is 2. The molecule has 0 aliphatic heterocycles. The van der Waals surface area contributed by atoms with E-state index in [1.165, 1.54) is 18.2 Å². The van der Waals surface area contributed by atoms with Gasteiger partial charge in [0.1, 0.15) is 13.2 Å². The molecule has 2 aromatic carbocycles. The van der Waals surface area contributed by atoms with Crippen molar-refractivity contribution >= 4 is 23.5 Å². The van der Waals surface area contributed by atoms with E-state index < -0.39 is 22.7 Å². The zero-order valence-electron chi connectivity index (χ0n) is 14.2. The minimum absolute atomic E-state index is 0.106. The molecule has 9 nitrogen and oxygen atoms in total. The highest BCUT2D eigenvalue weighted by Crippen LogP contribution is 2.13. The number of ether oxygens (including phenoxy) is 1. The second-order valence-corrected chi connectivity index (χ2v) is 5.41. The summed E-state index contributed by atoms with van der Waals surface area (Å²) in [5, 5.41) is 15.4. The maximum Gasteiger partial charge on any atom is 0.325 e. The number of hydrogen-bond donors (Lipinski definition) is 2. The summed E-state index contributed by atoms with van der Waals surface area (Å²) in [4.78, 5) is 45.2. The van der Waals surface area contributed by atoms with Gasteiger partial charge in [0.25, 0.3) is 11.6 Å². The normalized spacial score (nSPS) is 9.93. The summed E-state index contributed by atoms with van der Waals surface area (Å²) in [6.45, 7) is -0.817. The van der Waals surface area contributed by atoms with Crippen LogP contribution in [0.5, 0.6) is 0 Å². The average molecular weight is 371 g/mol. The molecular formula is C18H17N3O6. The maximum atomic E-state index is 11.8. The van der Waals surface area contributed by atoms with Crippen molar-refractivity contribution in [3.05, 3.63) is 75.8 Å². The monoisotopic (exact) mass is 371 g/mol. The van der Waals surface area contributed by atoms with E-state index in [2.05, 4.69) is 10.6 Å². The van der Waals surface area contributed by atoms with Gasteiger partial charge < -0.3 is 15.4 Å². The van der Waals surface area contributed by atoms with Crippen LogP contribution < -0.4 is 10.6 Å². The van der Waals surface area contributed by atoms with Gasteiger partial charge in [-0.1, -0.05) is 30.3 Å². The molecule has 0 saturated heterocycles. The van der Waals surface area contributed by atoms with Crippen LogP contribution in [0.15, 0.2) is 54.6 Å². The van der Waals surface area contributed by atoms with Crippen molar-refractivity contribution in [2.24, 2.45) is 0 Å². The van der Waals surface area contributed by atoms with Gasteiger partial charge in [0, 0.05) is 17.7 Å². The molecule has 9 heteroatoms. The van der Waals surface area contributed by atoms with Crippen LogP contribution in [0.1, 0.15) is 15.9 Å². The van der Waals surface area contributed by atoms with Crippen molar-refractivity contribution in [3.63, 3.8) is 0 Å². The van der Waals surface area contributed by atoms with Crippen molar-refractivity contribution in [1.29, 1.82) is 0 Å². The van der Waals surface area contributed by atoms with E-state index in [0.29, 0.717) is 11.1 Å². The molecule has 0 aliphatic carbocycles.